The third kappa shape index (κ3) is 4.06. The normalized spacial score (nSPS) is 11.9. The first-order valence-electron chi connectivity index (χ1n) is 17.4. The Morgan fingerprint density at radius 3 is 1.69 bits per heavy atom. The minimum atomic E-state index is 0.901. The van der Waals surface area contributed by atoms with Crippen molar-refractivity contribution in [2.75, 3.05) is 0 Å². The van der Waals surface area contributed by atoms with E-state index < -0.39 is 0 Å². The van der Waals surface area contributed by atoms with E-state index in [2.05, 4.69) is 185 Å². The summed E-state index contributed by atoms with van der Waals surface area (Å²) in [6, 6.07) is 65.4. The van der Waals surface area contributed by atoms with Crippen LogP contribution in [0.25, 0.3) is 99.2 Å². The van der Waals surface area contributed by atoms with E-state index in [0.29, 0.717) is 0 Å². The number of hydrogen-bond donors (Lipinski definition) is 0. The van der Waals surface area contributed by atoms with Gasteiger partial charge in [-0.2, -0.15) is 0 Å². The fourth-order valence-electron chi connectivity index (χ4n) is 8.38. The van der Waals surface area contributed by atoms with Gasteiger partial charge in [-0.3, -0.25) is 0 Å². The van der Waals surface area contributed by atoms with E-state index in [1.54, 1.807) is 0 Å². The zero-order valence-corrected chi connectivity index (χ0v) is 27.6. The van der Waals surface area contributed by atoms with E-state index in [4.69, 9.17) is 4.42 Å². The summed E-state index contributed by atoms with van der Waals surface area (Å²) in [5.41, 5.74) is 13.4. The fraction of sp³-hybridized carbons (Fsp3) is 0. The lowest BCUT2D eigenvalue weighted by molar-refractivity contribution is 0.670. The van der Waals surface area contributed by atoms with Crippen LogP contribution < -0.4 is 0 Å². The van der Waals surface area contributed by atoms with Gasteiger partial charge >= 0.3 is 0 Å². The second-order valence-electron chi connectivity index (χ2n) is 13.3. The van der Waals surface area contributed by atoms with E-state index >= 15 is 0 Å². The molecule has 0 saturated heterocycles. The summed E-state index contributed by atoms with van der Waals surface area (Å²) in [6.07, 6.45) is 0. The molecule has 3 heterocycles. The molecular formula is C48H30N2O. The Balaban J connectivity index is 1.29. The van der Waals surface area contributed by atoms with Gasteiger partial charge in [-0.15, -0.1) is 0 Å². The molecule has 0 atom stereocenters. The second-order valence-corrected chi connectivity index (χ2v) is 13.3. The van der Waals surface area contributed by atoms with Gasteiger partial charge in [0.25, 0.3) is 0 Å². The Morgan fingerprint density at radius 2 is 0.922 bits per heavy atom. The third-order valence-electron chi connectivity index (χ3n) is 10.5. The Labute approximate surface area is 293 Å². The lowest BCUT2D eigenvalue weighted by atomic mass is 9.89. The molecule has 0 fully saturated rings. The molecule has 0 bridgehead atoms. The van der Waals surface area contributed by atoms with Crippen LogP contribution >= 0.6 is 0 Å². The van der Waals surface area contributed by atoms with Crippen molar-refractivity contribution >= 4 is 65.6 Å². The van der Waals surface area contributed by atoms with Gasteiger partial charge in [0.2, 0.25) is 0 Å². The number of furan rings is 1. The van der Waals surface area contributed by atoms with Gasteiger partial charge in [0.15, 0.2) is 0 Å². The molecule has 0 amide bonds. The van der Waals surface area contributed by atoms with Crippen molar-refractivity contribution in [3.8, 4) is 33.6 Å². The SMILES string of the molecule is c1ccc(-n2c3ccccc3c3cc(-c4c(-c5cccc6c5oc5ccccc56)ccc5c4c4ccccc4n5-c4ccccc4)ccc32)cc1. The fourth-order valence-corrected chi connectivity index (χ4v) is 8.38. The van der Waals surface area contributed by atoms with E-state index in [1.807, 2.05) is 6.07 Å². The van der Waals surface area contributed by atoms with Crippen molar-refractivity contribution in [1.82, 2.24) is 9.13 Å². The summed E-state index contributed by atoms with van der Waals surface area (Å²) < 4.78 is 11.5. The molecule has 238 valence electrons. The summed E-state index contributed by atoms with van der Waals surface area (Å²) in [5.74, 6) is 0. The average Bonchev–Trinajstić information content (AvgIpc) is 3.86. The highest BCUT2D eigenvalue weighted by Crippen LogP contribution is 2.47. The zero-order chi connectivity index (χ0) is 33.5. The van der Waals surface area contributed by atoms with Gasteiger partial charge in [0.1, 0.15) is 11.2 Å². The van der Waals surface area contributed by atoms with Crippen LogP contribution in [-0.4, -0.2) is 9.13 Å². The molecular weight excluding hydrogens is 621 g/mol. The van der Waals surface area contributed by atoms with Gasteiger partial charge in [-0.1, -0.05) is 121 Å². The highest BCUT2D eigenvalue weighted by Gasteiger charge is 2.23. The molecule has 11 aromatic rings. The topological polar surface area (TPSA) is 23.0 Å². The molecule has 0 aliphatic heterocycles. The first-order chi connectivity index (χ1) is 25.3. The van der Waals surface area contributed by atoms with Gasteiger partial charge < -0.3 is 13.6 Å². The number of nitrogens with zero attached hydrogens (tertiary/aromatic N) is 2. The predicted molar refractivity (Wildman–Crippen MR) is 213 cm³/mol. The van der Waals surface area contributed by atoms with Crippen LogP contribution in [0.3, 0.4) is 0 Å². The maximum absolute atomic E-state index is 6.67. The standard InChI is InChI=1S/C48H30N2O/c1-3-14-32(15-4-1)49-41-23-10-7-18-34(41)40-30-31(26-28-43(40)49)46-36(38-22-13-21-37-35-19-9-12-25-45(35)51-48(37)38)27-29-44-47(46)39-20-8-11-24-42(39)50(44)33-16-5-2-6-17-33/h1-30H. The molecule has 3 nitrogen and oxygen atoms in total. The van der Waals surface area contributed by atoms with Crippen molar-refractivity contribution in [3.63, 3.8) is 0 Å². The van der Waals surface area contributed by atoms with Crippen LogP contribution in [0.4, 0.5) is 0 Å². The summed E-state index contributed by atoms with van der Waals surface area (Å²) in [4.78, 5) is 0. The molecule has 8 aromatic carbocycles. The van der Waals surface area contributed by atoms with Gasteiger partial charge in [0.05, 0.1) is 22.1 Å². The van der Waals surface area contributed by atoms with Crippen molar-refractivity contribution in [1.29, 1.82) is 0 Å². The summed E-state index contributed by atoms with van der Waals surface area (Å²) in [6.45, 7) is 0. The van der Waals surface area contributed by atoms with Crippen LogP contribution in [0.5, 0.6) is 0 Å². The molecule has 0 aliphatic rings. The largest absolute Gasteiger partial charge is 0.455 e. The lowest BCUT2D eigenvalue weighted by Gasteiger charge is -2.15. The Hall–Kier alpha value is -6.84. The van der Waals surface area contributed by atoms with Gasteiger partial charge in [0, 0.05) is 49.3 Å². The third-order valence-corrected chi connectivity index (χ3v) is 10.5. The smallest absolute Gasteiger partial charge is 0.143 e. The highest BCUT2D eigenvalue weighted by atomic mass is 16.3. The average molecular weight is 651 g/mol. The Bertz CT molecular complexity index is 3130. The van der Waals surface area contributed by atoms with Crippen LogP contribution in [0.15, 0.2) is 186 Å². The second kappa shape index (κ2) is 10.8. The number of aromatic nitrogens is 2. The number of rotatable bonds is 4. The van der Waals surface area contributed by atoms with Crippen molar-refractivity contribution in [2.24, 2.45) is 0 Å². The molecule has 0 saturated carbocycles. The molecule has 0 spiro atoms. The Kier molecular flexibility index (Phi) is 5.96. The van der Waals surface area contributed by atoms with E-state index in [9.17, 15) is 0 Å². The van der Waals surface area contributed by atoms with Crippen LogP contribution in [0.1, 0.15) is 0 Å². The van der Waals surface area contributed by atoms with Crippen LogP contribution in [0, 0.1) is 0 Å². The number of hydrogen-bond acceptors (Lipinski definition) is 1. The van der Waals surface area contributed by atoms with Crippen LogP contribution in [0.2, 0.25) is 0 Å². The molecule has 0 aliphatic carbocycles. The van der Waals surface area contributed by atoms with E-state index in [-0.39, 0.29) is 0 Å². The Morgan fingerprint density at radius 1 is 0.353 bits per heavy atom. The molecule has 0 radical (unpaired) electrons. The summed E-state index contributed by atoms with van der Waals surface area (Å²) >= 11 is 0. The molecule has 3 aromatic heterocycles. The number of benzene rings is 8. The highest BCUT2D eigenvalue weighted by molar-refractivity contribution is 6.21. The first kappa shape index (κ1) is 28.0. The van der Waals surface area contributed by atoms with Gasteiger partial charge in [-0.05, 0) is 77.4 Å². The lowest BCUT2D eigenvalue weighted by Crippen LogP contribution is -1.94. The monoisotopic (exact) mass is 650 g/mol. The van der Waals surface area contributed by atoms with E-state index in [0.717, 1.165) is 44.4 Å². The summed E-state index contributed by atoms with van der Waals surface area (Å²) in [7, 11) is 0. The van der Waals surface area contributed by atoms with Crippen molar-refractivity contribution in [3.05, 3.63) is 182 Å². The minimum absolute atomic E-state index is 0.901. The number of fused-ring (bicyclic) bond motifs is 9. The maximum Gasteiger partial charge on any atom is 0.143 e. The zero-order valence-electron chi connectivity index (χ0n) is 27.6. The van der Waals surface area contributed by atoms with Gasteiger partial charge in [-0.25, -0.2) is 0 Å². The van der Waals surface area contributed by atoms with Crippen LogP contribution in [-0.2, 0) is 0 Å². The maximum atomic E-state index is 6.67. The summed E-state index contributed by atoms with van der Waals surface area (Å²) in [5, 5.41) is 7.17. The molecule has 0 unspecified atom stereocenters. The molecule has 51 heavy (non-hydrogen) atoms. The molecule has 11 rings (SSSR count). The van der Waals surface area contributed by atoms with E-state index in [1.165, 1.54) is 54.7 Å². The molecule has 0 N–H and O–H groups in total. The van der Waals surface area contributed by atoms with Crippen molar-refractivity contribution < 1.29 is 4.42 Å². The predicted octanol–water partition coefficient (Wildman–Crippen LogP) is 13.1. The quantitative estimate of drug-likeness (QED) is 0.186. The minimum Gasteiger partial charge on any atom is -0.455 e. The van der Waals surface area contributed by atoms with Crippen molar-refractivity contribution in [2.45, 2.75) is 0 Å². The molecule has 3 heteroatoms. The number of para-hydroxylation sites is 6. The first-order valence-corrected chi connectivity index (χ1v) is 17.4.